The molecule has 4 bridgehead atoms. The Morgan fingerprint density at radius 3 is 2.59 bits per heavy atom. The van der Waals surface area contributed by atoms with Crippen molar-refractivity contribution in [1.29, 1.82) is 0 Å². The van der Waals surface area contributed by atoms with Gasteiger partial charge in [-0.1, -0.05) is 50.6 Å². The Kier molecular flexibility index (Phi) is 9.25. The Morgan fingerprint density at radius 1 is 1.02 bits per heavy atom. The van der Waals surface area contributed by atoms with E-state index in [1.54, 1.807) is 30.1 Å². The molecule has 11 heteroatoms. The van der Waals surface area contributed by atoms with Gasteiger partial charge in [0.1, 0.15) is 11.6 Å². The molecule has 1 aliphatic heterocycles. The van der Waals surface area contributed by atoms with Gasteiger partial charge in [-0.3, -0.25) is 4.79 Å². The summed E-state index contributed by atoms with van der Waals surface area (Å²) in [6.07, 6.45) is 4.18. The number of aliphatic carboxylic acids is 1. The molecule has 0 aliphatic carbocycles. The summed E-state index contributed by atoms with van der Waals surface area (Å²) in [5.41, 5.74) is 2.94. The highest BCUT2D eigenvalue weighted by Crippen LogP contribution is 2.39. The van der Waals surface area contributed by atoms with Gasteiger partial charge in [-0.2, -0.15) is 5.10 Å². The van der Waals surface area contributed by atoms with E-state index in [1.807, 2.05) is 51.1 Å². The Labute approximate surface area is 285 Å². The van der Waals surface area contributed by atoms with E-state index in [2.05, 4.69) is 4.98 Å². The van der Waals surface area contributed by atoms with E-state index in [4.69, 9.17) is 10.1 Å². The van der Waals surface area contributed by atoms with E-state index in [1.165, 1.54) is 12.1 Å². The molecule has 3 heterocycles. The molecule has 3 aromatic carbocycles. The first-order chi connectivity index (χ1) is 23.1. The number of carboxylic acids is 1. The number of nitrogens with one attached hydrogen (secondary N) is 1. The van der Waals surface area contributed by atoms with Crippen molar-refractivity contribution < 1.29 is 27.1 Å². The van der Waals surface area contributed by atoms with Gasteiger partial charge >= 0.3 is 5.97 Å². The molecule has 0 saturated carbocycles. The van der Waals surface area contributed by atoms with E-state index in [0.717, 1.165) is 16.5 Å². The molecule has 0 spiro atoms. The largest absolute Gasteiger partial charge is 0.481 e. The summed E-state index contributed by atoms with van der Waals surface area (Å²) >= 11 is 0. The first-order valence-corrected chi connectivity index (χ1v) is 18.5. The third kappa shape index (κ3) is 7.32. The standard InChI is InChI=1S/C38H42F2N4O4S/c1-37(2)15-6-16-38(3,26-8-5-7-24(19-26)10-12-34(45)46)36-42-35(44(4)43-36)30-21-25(9-11-31(30)39)20-29-27(14-18-49(47,48)23-37)28-13-17-41-33(28)22-32(29)40/h5,7-9,11,13,17,19,21-22,41H,6,10,12,14-16,18,20,23H2,1-4H3,(H,45,46). The molecule has 0 saturated heterocycles. The van der Waals surface area contributed by atoms with Crippen LogP contribution in [-0.2, 0) is 46.4 Å². The van der Waals surface area contributed by atoms with Crippen LogP contribution in [0.3, 0.4) is 0 Å². The molecule has 0 radical (unpaired) electrons. The fraction of sp³-hybridized carbons (Fsp3) is 0.395. The SMILES string of the molecule is Cn1nc2nc1-c1cc(ccc1F)Cc1c(F)cc3[nH]ccc3c1CCS(=O)(=O)CC(C)(C)CCCC2(C)c1cccc(CCC(=O)O)c1. The zero-order valence-corrected chi connectivity index (χ0v) is 29.1. The van der Waals surface area contributed by atoms with Crippen LogP contribution in [0.1, 0.15) is 80.1 Å². The van der Waals surface area contributed by atoms with Crippen molar-refractivity contribution in [3.05, 3.63) is 106 Å². The fourth-order valence-electron chi connectivity index (χ4n) is 7.30. The van der Waals surface area contributed by atoms with Crippen molar-refractivity contribution in [2.24, 2.45) is 12.5 Å². The van der Waals surface area contributed by atoms with Crippen LogP contribution in [0.5, 0.6) is 0 Å². The number of aryl methyl sites for hydroxylation is 3. The summed E-state index contributed by atoms with van der Waals surface area (Å²) in [6, 6.07) is 15.6. The van der Waals surface area contributed by atoms with Crippen molar-refractivity contribution in [2.75, 3.05) is 11.5 Å². The molecule has 1 aliphatic rings. The van der Waals surface area contributed by atoms with Gasteiger partial charge in [0, 0.05) is 37.0 Å². The number of benzene rings is 3. The van der Waals surface area contributed by atoms with Gasteiger partial charge < -0.3 is 10.1 Å². The Morgan fingerprint density at radius 2 is 1.82 bits per heavy atom. The molecule has 1 atom stereocenters. The molecule has 2 aromatic heterocycles. The van der Waals surface area contributed by atoms with E-state index >= 15 is 8.78 Å². The summed E-state index contributed by atoms with van der Waals surface area (Å²) in [5.74, 6) is -1.16. The lowest BCUT2D eigenvalue weighted by Gasteiger charge is -2.30. The van der Waals surface area contributed by atoms with Gasteiger partial charge in [0.25, 0.3) is 0 Å². The third-order valence-corrected chi connectivity index (χ3v) is 12.0. The lowest BCUT2D eigenvalue weighted by molar-refractivity contribution is -0.136. The first-order valence-electron chi connectivity index (χ1n) is 16.6. The van der Waals surface area contributed by atoms with Gasteiger partial charge in [-0.25, -0.2) is 26.9 Å². The van der Waals surface area contributed by atoms with Crippen LogP contribution in [0.4, 0.5) is 8.78 Å². The van der Waals surface area contributed by atoms with Crippen LogP contribution < -0.4 is 0 Å². The van der Waals surface area contributed by atoms with E-state index in [-0.39, 0.29) is 36.3 Å². The molecule has 2 N–H and O–H groups in total. The Hall–Kier alpha value is -4.38. The van der Waals surface area contributed by atoms with Crippen molar-refractivity contribution in [3.8, 4) is 11.4 Å². The quantitative estimate of drug-likeness (QED) is 0.204. The molecular formula is C38H42F2N4O4S. The highest BCUT2D eigenvalue weighted by Gasteiger charge is 2.36. The highest BCUT2D eigenvalue weighted by atomic mass is 32.2. The number of halogens is 2. The zero-order chi connectivity index (χ0) is 35.1. The number of aromatic nitrogens is 4. The second-order valence-corrected chi connectivity index (χ2v) is 16.6. The van der Waals surface area contributed by atoms with Crippen LogP contribution in [0, 0.1) is 17.0 Å². The van der Waals surface area contributed by atoms with Gasteiger partial charge in [0.15, 0.2) is 21.5 Å². The second-order valence-electron chi connectivity index (χ2n) is 14.4. The van der Waals surface area contributed by atoms with Gasteiger partial charge in [0.05, 0.1) is 22.5 Å². The Balaban J connectivity index is 1.50. The number of H-pyrrole nitrogens is 1. The van der Waals surface area contributed by atoms with E-state index in [0.29, 0.717) is 59.5 Å². The number of nitrogens with zero attached hydrogens (tertiary/aromatic N) is 3. The predicted octanol–water partition coefficient (Wildman–Crippen LogP) is 7.32. The molecule has 258 valence electrons. The smallest absolute Gasteiger partial charge is 0.303 e. The molecule has 0 amide bonds. The minimum absolute atomic E-state index is 0.00509. The summed E-state index contributed by atoms with van der Waals surface area (Å²) in [6.45, 7) is 5.94. The summed E-state index contributed by atoms with van der Waals surface area (Å²) in [5, 5.41) is 14.9. The first kappa shape index (κ1) is 34.5. The zero-order valence-electron chi connectivity index (χ0n) is 28.3. The fourth-order valence-corrected chi connectivity index (χ4v) is 9.29. The van der Waals surface area contributed by atoms with Crippen molar-refractivity contribution >= 4 is 26.7 Å². The van der Waals surface area contributed by atoms with Crippen LogP contribution in [-0.4, -0.2) is 50.7 Å². The molecule has 8 nitrogen and oxygen atoms in total. The normalized spacial score (nSPS) is 19.6. The molecule has 1 unspecified atom stereocenters. The van der Waals surface area contributed by atoms with Gasteiger partial charge in [0.2, 0.25) is 0 Å². The van der Waals surface area contributed by atoms with E-state index < -0.39 is 38.3 Å². The summed E-state index contributed by atoms with van der Waals surface area (Å²) < 4.78 is 60.2. The number of hydrogen-bond acceptors (Lipinski definition) is 5. The van der Waals surface area contributed by atoms with Gasteiger partial charge in [-0.05, 0) is 90.1 Å². The number of aromatic amines is 1. The maximum absolute atomic E-state index is 15.8. The summed E-state index contributed by atoms with van der Waals surface area (Å²) in [4.78, 5) is 19.3. The van der Waals surface area contributed by atoms with Gasteiger partial charge in [-0.15, -0.1) is 0 Å². The van der Waals surface area contributed by atoms with Crippen LogP contribution in [0.2, 0.25) is 0 Å². The number of hydrogen-bond donors (Lipinski definition) is 2. The predicted molar refractivity (Wildman–Crippen MR) is 186 cm³/mol. The minimum atomic E-state index is -3.53. The minimum Gasteiger partial charge on any atom is -0.481 e. The molecule has 0 fully saturated rings. The van der Waals surface area contributed by atoms with Crippen LogP contribution >= 0.6 is 0 Å². The Bertz CT molecular complexity index is 2150. The number of sulfone groups is 1. The molecular weight excluding hydrogens is 647 g/mol. The third-order valence-electron chi connectivity index (χ3n) is 9.93. The van der Waals surface area contributed by atoms with E-state index in [9.17, 15) is 18.3 Å². The number of fused-ring (bicyclic) bond motifs is 8. The summed E-state index contributed by atoms with van der Waals surface area (Å²) in [7, 11) is -1.82. The number of carbonyl (C=O) groups is 1. The van der Waals surface area contributed by atoms with Crippen molar-refractivity contribution in [1.82, 2.24) is 19.7 Å². The maximum Gasteiger partial charge on any atom is 0.303 e. The number of rotatable bonds is 4. The average Bonchev–Trinajstić information content (AvgIpc) is 3.66. The van der Waals surface area contributed by atoms with Crippen molar-refractivity contribution in [2.45, 2.75) is 71.1 Å². The van der Waals surface area contributed by atoms with Crippen LogP contribution in [0.25, 0.3) is 22.3 Å². The molecule has 6 rings (SSSR count). The average molecular weight is 689 g/mol. The second kappa shape index (κ2) is 13.2. The lowest BCUT2D eigenvalue weighted by Crippen LogP contribution is -2.29. The topological polar surface area (TPSA) is 118 Å². The number of carboxylic acid groups (broad SMARTS) is 1. The highest BCUT2D eigenvalue weighted by molar-refractivity contribution is 7.91. The van der Waals surface area contributed by atoms with Crippen molar-refractivity contribution in [3.63, 3.8) is 0 Å². The molecule has 5 aromatic rings. The lowest BCUT2D eigenvalue weighted by atomic mass is 9.75. The van der Waals surface area contributed by atoms with Crippen LogP contribution in [0.15, 0.2) is 60.8 Å². The monoisotopic (exact) mass is 688 g/mol. The molecule has 49 heavy (non-hydrogen) atoms. The maximum atomic E-state index is 15.8.